The molecule has 36 heavy (non-hydrogen) atoms. The normalized spacial score (nSPS) is 21.2. The van der Waals surface area contributed by atoms with Crippen LogP contribution in [0.15, 0.2) is 61.2 Å². The van der Waals surface area contributed by atoms with Crippen molar-refractivity contribution in [3.05, 3.63) is 72.6 Å². The summed E-state index contributed by atoms with van der Waals surface area (Å²) < 4.78 is 25.1. The molecule has 0 N–H and O–H groups in total. The fourth-order valence-electron chi connectivity index (χ4n) is 5.58. The Bertz CT molecular complexity index is 1010. The smallest absolute Gasteiger partial charge is 0.305 e. The van der Waals surface area contributed by atoms with Crippen LogP contribution in [-0.4, -0.2) is 74.8 Å². The molecule has 0 amide bonds. The van der Waals surface area contributed by atoms with Crippen molar-refractivity contribution in [2.24, 2.45) is 5.92 Å². The summed E-state index contributed by atoms with van der Waals surface area (Å²) in [7, 11) is 1.45. The van der Waals surface area contributed by atoms with E-state index in [0.717, 1.165) is 64.4 Å². The number of esters is 1. The number of ether oxygens (including phenoxy) is 2. The molecule has 0 aliphatic carbocycles. The van der Waals surface area contributed by atoms with Gasteiger partial charge >= 0.3 is 5.97 Å². The van der Waals surface area contributed by atoms with E-state index in [0.29, 0.717) is 30.7 Å². The molecule has 2 aliphatic rings. The van der Waals surface area contributed by atoms with Crippen LogP contribution >= 0.6 is 0 Å². The summed E-state index contributed by atoms with van der Waals surface area (Å²) in [5.74, 6) is 0.944. The fraction of sp³-hybridized carbons (Fsp3) is 0.483. The van der Waals surface area contributed by atoms with Crippen LogP contribution in [0.3, 0.4) is 0 Å². The maximum atomic E-state index is 14.3. The van der Waals surface area contributed by atoms with E-state index >= 15 is 0 Å². The highest BCUT2D eigenvalue weighted by Crippen LogP contribution is 2.30. The minimum atomic E-state index is -0.160. The zero-order chi connectivity index (χ0) is 25.3. The fourth-order valence-corrected chi connectivity index (χ4v) is 5.58. The Kier molecular flexibility index (Phi) is 9.36. The van der Waals surface area contributed by atoms with Gasteiger partial charge < -0.3 is 14.4 Å². The standard InChI is InChI=1S/C29H38FN3O3/c1-3-20-36-28-11-7-4-8-24(28)22-31-15-14-26(23(21-31)12-13-29(34)35-2)32-16-18-33(19-17-32)27-10-6-5-9-25(27)30/h3-11,23,26H,1,12-22H2,2H3/t23-,26+/m0/s1. The number of carbonyl (C=O) groups is 1. The summed E-state index contributed by atoms with van der Waals surface area (Å²) in [6.07, 6.45) is 4.04. The van der Waals surface area contributed by atoms with Crippen molar-refractivity contribution in [3.63, 3.8) is 0 Å². The highest BCUT2D eigenvalue weighted by atomic mass is 19.1. The minimum absolute atomic E-state index is 0.154. The molecule has 2 atom stereocenters. The number of hydrogen-bond acceptors (Lipinski definition) is 6. The molecular weight excluding hydrogens is 457 g/mol. The number of methoxy groups -OCH3 is 1. The highest BCUT2D eigenvalue weighted by molar-refractivity contribution is 5.69. The lowest BCUT2D eigenvalue weighted by molar-refractivity contribution is -0.141. The van der Waals surface area contributed by atoms with Gasteiger partial charge in [0.1, 0.15) is 18.2 Å². The van der Waals surface area contributed by atoms with E-state index in [-0.39, 0.29) is 11.8 Å². The molecule has 0 saturated carbocycles. The van der Waals surface area contributed by atoms with Gasteiger partial charge in [-0.1, -0.05) is 43.0 Å². The third-order valence-corrected chi connectivity index (χ3v) is 7.42. The number of halogens is 1. The zero-order valence-electron chi connectivity index (χ0n) is 21.3. The topological polar surface area (TPSA) is 45.2 Å². The molecule has 7 heteroatoms. The number of rotatable bonds is 10. The van der Waals surface area contributed by atoms with Gasteiger partial charge in [-0.15, -0.1) is 0 Å². The Morgan fingerprint density at radius 3 is 2.58 bits per heavy atom. The third-order valence-electron chi connectivity index (χ3n) is 7.42. The Morgan fingerprint density at radius 1 is 1.08 bits per heavy atom. The highest BCUT2D eigenvalue weighted by Gasteiger charge is 2.35. The molecule has 6 nitrogen and oxygen atoms in total. The summed E-state index contributed by atoms with van der Waals surface area (Å²) in [5, 5.41) is 0. The largest absolute Gasteiger partial charge is 0.489 e. The van der Waals surface area contributed by atoms with Gasteiger partial charge in [0.15, 0.2) is 0 Å². The van der Waals surface area contributed by atoms with Crippen molar-refractivity contribution in [3.8, 4) is 5.75 Å². The van der Waals surface area contributed by atoms with Gasteiger partial charge in [0.25, 0.3) is 0 Å². The number of piperidine rings is 1. The Morgan fingerprint density at radius 2 is 1.83 bits per heavy atom. The molecule has 0 bridgehead atoms. The number of hydrogen-bond donors (Lipinski definition) is 0. The molecule has 2 heterocycles. The molecule has 194 valence electrons. The molecule has 2 aliphatic heterocycles. The van der Waals surface area contributed by atoms with Gasteiger partial charge in [0.2, 0.25) is 0 Å². The molecule has 0 unspecified atom stereocenters. The van der Waals surface area contributed by atoms with Gasteiger partial charge in [-0.2, -0.15) is 0 Å². The summed E-state index contributed by atoms with van der Waals surface area (Å²) in [4.78, 5) is 19.1. The van der Waals surface area contributed by atoms with Crippen molar-refractivity contribution in [2.45, 2.75) is 31.8 Å². The van der Waals surface area contributed by atoms with Crippen molar-refractivity contribution in [1.82, 2.24) is 9.80 Å². The molecule has 4 rings (SSSR count). The van der Waals surface area contributed by atoms with E-state index in [9.17, 15) is 9.18 Å². The number of para-hydroxylation sites is 2. The number of likely N-dealkylation sites (tertiary alicyclic amines) is 1. The van der Waals surface area contributed by atoms with Crippen molar-refractivity contribution < 1.29 is 18.7 Å². The third kappa shape index (κ3) is 6.65. The SMILES string of the molecule is C=CCOc1ccccc1CN1CC[C@@H](N2CCN(c3ccccc3F)CC2)[C@@H](CCC(=O)OC)C1. The molecule has 2 aromatic carbocycles. The molecule has 0 aromatic heterocycles. The van der Waals surface area contributed by atoms with Crippen LogP contribution in [0.2, 0.25) is 0 Å². The predicted molar refractivity (Wildman–Crippen MR) is 141 cm³/mol. The molecule has 2 saturated heterocycles. The van der Waals surface area contributed by atoms with Crippen molar-refractivity contribution in [2.75, 3.05) is 57.9 Å². The average Bonchev–Trinajstić information content (AvgIpc) is 2.92. The van der Waals surface area contributed by atoms with Gasteiger partial charge in [-0.3, -0.25) is 14.6 Å². The average molecular weight is 496 g/mol. The molecule has 0 spiro atoms. The number of anilines is 1. The minimum Gasteiger partial charge on any atom is -0.489 e. The van der Waals surface area contributed by atoms with Crippen LogP contribution in [0.1, 0.15) is 24.8 Å². The van der Waals surface area contributed by atoms with Gasteiger partial charge in [0.05, 0.1) is 12.8 Å². The quantitative estimate of drug-likeness (QED) is 0.361. The summed E-state index contributed by atoms with van der Waals surface area (Å²) in [6.45, 7) is 10.4. The van der Waals surface area contributed by atoms with Crippen molar-refractivity contribution >= 4 is 11.7 Å². The first kappa shape index (κ1) is 26.2. The first-order chi connectivity index (χ1) is 17.6. The van der Waals surface area contributed by atoms with Gasteiger partial charge in [-0.25, -0.2) is 4.39 Å². The number of carbonyl (C=O) groups excluding carboxylic acids is 1. The second-order valence-corrected chi connectivity index (χ2v) is 9.65. The number of nitrogens with zero attached hydrogens (tertiary/aromatic N) is 3. The molecular formula is C29H38FN3O3. The first-order valence-electron chi connectivity index (χ1n) is 12.9. The van der Waals surface area contributed by atoms with Crippen molar-refractivity contribution in [1.29, 1.82) is 0 Å². The lowest BCUT2D eigenvalue weighted by atomic mass is 9.86. The monoisotopic (exact) mass is 495 g/mol. The summed E-state index contributed by atoms with van der Waals surface area (Å²) in [6, 6.07) is 15.6. The van der Waals surface area contributed by atoms with Crippen LogP contribution in [0, 0.1) is 11.7 Å². The Hall–Kier alpha value is -2.90. The van der Waals surface area contributed by atoms with E-state index in [1.807, 2.05) is 30.3 Å². The summed E-state index contributed by atoms with van der Waals surface area (Å²) in [5.41, 5.74) is 1.86. The number of benzene rings is 2. The van der Waals surface area contributed by atoms with E-state index in [2.05, 4.69) is 27.3 Å². The van der Waals surface area contributed by atoms with Crippen LogP contribution < -0.4 is 9.64 Å². The maximum Gasteiger partial charge on any atom is 0.305 e. The van der Waals surface area contributed by atoms with Crippen LogP contribution in [0.25, 0.3) is 0 Å². The van der Waals surface area contributed by atoms with Crippen LogP contribution in [-0.2, 0) is 16.1 Å². The van der Waals surface area contributed by atoms with E-state index in [4.69, 9.17) is 9.47 Å². The van der Waals surface area contributed by atoms with E-state index in [1.165, 1.54) is 18.7 Å². The second-order valence-electron chi connectivity index (χ2n) is 9.65. The lowest BCUT2D eigenvalue weighted by Crippen LogP contribution is -2.56. The van der Waals surface area contributed by atoms with Gasteiger partial charge in [0, 0.05) is 57.3 Å². The van der Waals surface area contributed by atoms with E-state index in [1.54, 1.807) is 12.1 Å². The predicted octanol–water partition coefficient (Wildman–Crippen LogP) is 4.36. The van der Waals surface area contributed by atoms with Gasteiger partial charge in [-0.05, 0) is 43.5 Å². The van der Waals surface area contributed by atoms with E-state index < -0.39 is 0 Å². The van der Waals surface area contributed by atoms with Crippen LogP contribution in [0.4, 0.5) is 10.1 Å². The second kappa shape index (κ2) is 12.9. The first-order valence-corrected chi connectivity index (χ1v) is 12.9. The van der Waals surface area contributed by atoms with Crippen LogP contribution in [0.5, 0.6) is 5.75 Å². The zero-order valence-corrected chi connectivity index (χ0v) is 21.3. The lowest BCUT2D eigenvalue weighted by Gasteiger charge is -2.47. The summed E-state index contributed by atoms with van der Waals surface area (Å²) >= 11 is 0. The maximum absolute atomic E-state index is 14.3. The Balaban J connectivity index is 1.40. The number of piperazine rings is 1. The molecule has 2 fully saturated rings. The Labute approximate surface area is 214 Å². The molecule has 0 radical (unpaired) electrons. The molecule has 2 aromatic rings.